The quantitative estimate of drug-likeness (QED) is 0.790. The molecular formula is C20H29ClN2O. The van der Waals surface area contributed by atoms with Gasteiger partial charge in [0.15, 0.2) is 5.78 Å². The van der Waals surface area contributed by atoms with Gasteiger partial charge in [0.2, 0.25) is 0 Å². The Morgan fingerprint density at radius 2 is 2.08 bits per heavy atom. The molecule has 0 aliphatic carbocycles. The smallest absolute Gasteiger partial charge is 0.175 e. The second kappa shape index (κ2) is 11.1. The monoisotopic (exact) mass is 348 g/mol. The van der Waals surface area contributed by atoms with Crippen LogP contribution in [-0.4, -0.2) is 30.3 Å². The van der Waals surface area contributed by atoms with E-state index in [0.29, 0.717) is 0 Å². The molecule has 1 heterocycles. The van der Waals surface area contributed by atoms with Gasteiger partial charge in [-0.05, 0) is 24.5 Å². The van der Waals surface area contributed by atoms with Gasteiger partial charge in [-0.1, -0.05) is 62.7 Å². The highest BCUT2D eigenvalue weighted by Crippen LogP contribution is 2.16. The summed E-state index contributed by atoms with van der Waals surface area (Å²) in [7, 11) is 0. The van der Waals surface area contributed by atoms with Gasteiger partial charge in [-0.3, -0.25) is 4.79 Å². The summed E-state index contributed by atoms with van der Waals surface area (Å²) in [6, 6.07) is 7.91. The summed E-state index contributed by atoms with van der Waals surface area (Å²) in [5.74, 6) is 0.131. The first-order valence-electron chi connectivity index (χ1n) is 8.61. The van der Waals surface area contributed by atoms with Crippen LogP contribution in [-0.2, 0) is 11.2 Å². The molecule has 0 saturated carbocycles. The zero-order chi connectivity index (χ0) is 17.9. The third-order valence-electron chi connectivity index (χ3n) is 3.84. The molecule has 24 heavy (non-hydrogen) atoms. The Morgan fingerprint density at radius 1 is 1.38 bits per heavy atom. The van der Waals surface area contributed by atoms with Crippen LogP contribution >= 0.6 is 11.6 Å². The Labute approximate surface area is 151 Å². The number of ketones is 1. The summed E-state index contributed by atoms with van der Waals surface area (Å²) in [5, 5.41) is 4.11. The number of carbonyl (C=O) groups excluding carboxylic acids is 1. The van der Waals surface area contributed by atoms with Gasteiger partial charge in [-0.15, -0.1) is 0 Å². The highest BCUT2D eigenvalue weighted by Gasteiger charge is 2.18. The summed E-state index contributed by atoms with van der Waals surface area (Å²) < 4.78 is 0. The molecule has 1 aliphatic rings. The number of nitrogens with one attached hydrogen (secondary N) is 1. The third-order valence-corrected chi connectivity index (χ3v) is 4.21. The number of rotatable bonds is 5. The van der Waals surface area contributed by atoms with Gasteiger partial charge in [-0.25, -0.2) is 0 Å². The van der Waals surface area contributed by atoms with Crippen molar-refractivity contribution in [1.82, 2.24) is 10.2 Å². The Morgan fingerprint density at radius 3 is 2.58 bits per heavy atom. The molecule has 2 rings (SSSR count). The largest absolute Gasteiger partial charge is 0.341 e. The average molecular weight is 349 g/mol. The van der Waals surface area contributed by atoms with Crippen molar-refractivity contribution in [2.75, 3.05) is 19.6 Å². The summed E-state index contributed by atoms with van der Waals surface area (Å²) in [4.78, 5) is 13.6. The number of Topliss-reactive ketones (excluding diaryl/α,β-unsaturated/α-hetero) is 1. The highest BCUT2D eigenvalue weighted by atomic mass is 35.5. The van der Waals surface area contributed by atoms with Crippen molar-refractivity contribution < 1.29 is 4.79 Å². The van der Waals surface area contributed by atoms with E-state index in [-0.39, 0.29) is 5.78 Å². The van der Waals surface area contributed by atoms with Crippen LogP contribution < -0.4 is 5.32 Å². The minimum atomic E-state index is 0.131. The molecule has 1 aromatic carbocycles. The maximum absolute atomic E-state index is 11.5. The van der Waals surface area contributed by atoms with E-state index in [1.165, 1.54) is 5.56 Å². The minimum Gasteiger partial charge on any atom is -0.341 e. The van der Waals surface area contributed by atoms with Gasteiger partial charge in [-0.2, -0.15) is 0 Å². The standard InChI is InChI=1S/C12H20N2O.C8H9Cl/c1-4-5-6-12(11(3)15)14-8-7-13-9-10(14)2;1-2-7-5-3-4-6-8(7)9/h6,13H,2,4-5,7-9H2,1,3H3;3-6H,2H2,1H3/b12-6-;. The molecule has 0 bridgehead atoms. The number of benzene rings is 1. The number of hydrogen-bond acceptors (Lipinski definition) is 3. The number of halogens is 1. The van der Waals surface area contributed by atoms with Gasteiger partial charge in [0.05, 0.1) is 5.70 Å². The van der Waals surface area contributed by atoms with Crippen molar-refractivity contribution in [3.05, 3.63) is 58.9 Å². The summed E-state index contributed by atoms with van der Waals surface area (Å²) >= 11 is 5.82. The molecule has 0 unspecified atom stereocenters. The Kier molecular flexibility index (Phi) is 9.43. The first-order chi connectivity index (χ1) is 11.5. The molecule has 1 fully saturated rings. The number of aryl methyl sites for hydroxylation is 1. The van der Waals surface area contributed by atoms with E-state index < -0.39 is 0 Å². The zero-order valence-electron chi connectivity index (χ0n) is 15.1. The first-order valence-corrected chi connectivity index (χ1v) is 8.99. The average Bonchev–Trinajstić information content (AvgIpc) is 2.57. The fraction of sp³-hybridized carbons (Fsp3) is 0.450. The Bertz CT molecular complexity index is 581. The molecule has 1 aliphatic heterocycles. The number of hydrogen-bond donors (Lipinski definition) is 1. The highest BCUT2D eigenvalue weighted by molar-refractivity contribution is 6.31. The van der Waals surface area contributed by atoms with Crippen LogP contribution in [0.1, 0.15) is 39.2 Å². The lowest BCUT2D eigenvalue weighted by Gasteiger charge is -2.32. The number of piperazine rings is 1. The fourth-order valence-corrected chi connectivity index (χ4v) is 2.75. The third kappa shape index (κ3) is 6.50. The van der Waals surface area contributed by atoms with Crippen LogP contribution in [0.4, 0.5) is 0 Å². The predicted molar refractivity (Wildman–Crippen MR) is 103 cm³/mol. The topological polar surface area (TPSA) is 32.3 Å². The number of carbonyl (C=O) groups is 1. The molecule has 0 atom stereocenters. The lowest BCUT2D eigenvalue weighted by atomic mass is 10.1. The van der Waals surface area contributed by atoms with Crippen LogP contribution in [0, 0.1) is 0 Å². The van der Waals surface area contributed by atoms with E-state index in [1.807, 2.05) is 35.2 Å². The van der Waals surface area contributed by atoms with E-state index in [0.717, 1.165) is 55.3 Å². The molecule has 0 spiro atoms. The number of allylic oxidation sites excluding steroid dienone is 2. The molecule has 3 nitrogen and oxygen atoms in total. The van der Waals surface area contributed by atoms with Gasteiger partial charge in [0.25, 0.3) is 0 Å². The van der Waals surface area contributed by atoms with Crippen LogP contribution in [0.25, 0.3) is 0 Å². The summed E-state index contributed by atoms with van der Waals surface area (Å²) in [6.07, 6.45) is 5.06. The van der Waals surface area contributed by atoms with Crippen molar-refractivity contribution in [2.45, 2.75) is 40.0 Å². The van der Waals surface area contributed by atoms with Crippen molar-refractivity contribution in [1.29, 1.82) is 0 Å². The van der Waals surface area contributed by atoms with Gasteiger partial charge in [0, 0.05) is 37.3 Å². The second-order valence-electron chi connectivity index (χ2n) is 5.77. The van der Waals surface area contributed by atoms with Gasteiger partial charge in [0.1, 0.15) is 0 Å². The Hall–Kier alpha value is -1.58. The predicted octanol–water partition coefficient (Wildman–Crippen LogP) is 4.58. The molecule has 0 amide bonds. The van der Waals surface area contributed by atoms with E-state index in [9.17, 15) is 4.79 Å². The normalized spacial score (nSPS) is 14.9. The minimum absolute atomic E-state index is 0.131. The second-order valence-corrected chi connectivity index (χ2v) is 6.18. The molecule has 1 saturated heterocycles. The first kappa shape index (κ1) is 20.5. The van der Waals surface area contributed by atoms with Gasteiger partial charge >= 0.3 is 0 Å². The van der Waals surface area contributed by atoms with Crippen LogP contribution in [0.5, 0.6) is 0 Å². The van der Waals surface area contributed by atoms with E-state index in [1.54, 1.807) is 6.92 Å². The number of nitrogens with zero attached hydrogens (tertiary/aromatic N) is 1. The Balaban J connectivity index is 0.000000272. The summed E-state index contributed by atoms with van der Waals surface area (Å²) in [6.45, 7) is 12.3. The van der Waals surface area contributed by atoms with E-state index >= 15 is 0 Å². The summed E-state index contributed by atoms with van der Waals surface area (Å²) in [5.41, 5.74) is 3.02. The zero-order valence-corrected chi connectivity index (χ0v) is 15.8. The van der Waals surface area contributed by atoms with E-state index in [4.69, 9.17) is 11.6 Å². The van der Waals surface area contributed by atoms with Crippen molar-refractivity contribution in [2.24, 2.45) is 0 Å². The molecule has 0 aromatic heterocycles. The van der Waals surface area contributed by atoms with Crippen LogP contribution in [0.15, 0.2) is 48.3 Å². The van der Waals surface area contributed by atoms with Crippen LogP contribution in [0.2, 0.25) is 5.02 Å². The molecule has 1 N–H and O–H groups in total. The van der Waals surface area contributed by atoms with Gasteiger partial charge < -0.3 is 10.2 Å². The molecule has 132 valence electrons. The molecule has 1 aromatic rings. The molecular weight excluding hydrogens is 320 g/mol. The lowest BCUT2D eigenvalue weighted by molar-refractivity contribution is -0.114. The van der Waals surface area contributed by atoms with Crippen LogP contribution in [0.3, 0.4) is 0 Å². The van der Waals surface area contributed by atoms with Crippen molar-refractivity contribution in [3.63, 3.8) is 0 Å². The SMILES string of the molecule is C=C1CNCCN1/C(=C\CCC)C(C)=O.CCc1ccccc1Cl. The fourth-order valence-electron chi connectivity index (χ4n) is 2.48. The molecule has 0 radical (unpaired) electrons. The van der Waals surface area contributed by atoms with Crippen molar-refractivity contribution >= 4 is 17.4 Å². The molecule has 4 heteroatoms. The lowest BCUT2D eigenvalue weighted by Crippen LogP contribution is -2.42. The van der Waals surface area contributed by atoms with Crippen molar-refractivity contribution in [3.8, 4) is 0 Å². The van der Waals surface area contributed by atoms with E-state index in [2.05, 4.69) is 25.7 Å². The maximum Gasteiger partial charge on any atom is 0.175 e. The number of unbranched alkanes of at least 4 members (excludes halogenated alkanes) is 1. The maximum atomic E-state index is 11.5.